The molecule has 0 atom stereocenters. The Morgan fingerprint density at radius 3 is 2.42 bits per heavy atom. The van der Waals surface area contributed by atoms with Crippen molar-refractivity contribution in [3.63, 3.8) is 0 Å². The Morgan fingerprint density at radius 2 is 1.79 bits per heavy atom. The molecule has 1 aliphatic heterocycles. The lowest BCUT2D eigenvalue weighted by Crippen LogP contribution is -2.39. The van der Waals surface area contributed by atoms with E-state index in [1.807, 2.05) is 0 Å². The number of anilines is 1. The maximum atomic E-state index is 11.8. The fourth-order valence-electron chi connectivity index (χ4n) is 3.42. The average molecular weight is 322 g/mol. The molecular formula is C21H26N2O. The Morgan fingerprint density at radius 1 is 1.08 bits per heavy atom. The highest BCUT2D eigenvalue weighted by atomic mass is 16.1. The van der Waals surface area contributed by atoms with E-state index in [-0.39, 0.29) is 11.8 Å². The van der Waals surface area contributed by atoms with E-state index in [9.17, 15) is 4.79 Å². The lowest BCUT2D eigenvalue weighted by atomic mass is 9.95. The first-order valence-corrected chi connectivity index (χ1v) is 8.87. The summed E-state index contributed by atoms with van der Waals surface area (Å²) in [5.41, 5.74) is 5.13. The maximum Gasteiger partial charge on any atom is 0.222 e. The van der Waals surface area contributed by atoms with Crippen LogP contribution in [-0.4, -0.2) is 26.0 Å². The number of piperidine rings is 1. The van der Waals surface area contributed by atoms with Crippen LogP contribution in [0.25, 0.3) is 11.1 Å². The van der Waals surface area contributed by atoms with Gasteiger partial charge in [-0.25, -0.2) is 0 Å². The van der Waals surface area contributed by atoms with Gasteiger partial charge in [0.1, 0.15) is 0 Å². The number of hydrogen-bond acceptors (Lipinski definition) is 2. The Bertz CT molecular complexity index is 685. The summed E-state index contributed by atoms with van der Waals surface area (Å²) in [7, 11) is 1.72. The van der Waals surface area contributed by atoms with Gasteiger partial charge in [-0.05, 0) is 48.1 Å². The summed E-state index contributed by atoms with van der Waals surface area (Å²) in [5, 5.41) is 2.77. The minimum absolute atomic E-state index is 0.163. The van der Waals surface area contributed by atoms with Gasteiger partial charge in [0.15, 0.2) is 0 Å². The van der Waals surface area contributed by atoms with E-state index in [0.717, 1.165) is 32.4 Å². The molecule has 1 aliphatic rings. The van der Waals surface area contributed by atoms with Gasteiger partial charge in [-0.2, -0.15) is 0 Å². The lowest BCUT2D eigenvalue weighted by molar-refractivity contribution is -0.125. The standard InChI is InChI=1S/C21H26N2O/c1-3-16-7-9-17(10-8-16)19-5-4-6-20(15-19)23-13-11-18(12-14-23)21(24)22-2/h4-10,15,18H,3,11-14H2,1-2H3,(H,22,24). The van der Waals surface area contributed by atoms with Crippen molar-refractivity contribution in [2.24, 2.45) is 5.92 Å². The van der Waals surface area contributed by atoms with Crippen LogP contribution in [0.2, 0.25) is 0 Å². The molecule has 0 aliphatic carbocycles. The predicted molar refractivity (Wildman–Crippen MR) is 100 cm³/mol. The molecule has 3 nitrogen and oxygen atoms in total. The van der Waals surface area contributed by atoms with Crippen molar-refractivity contribution in [1.29, 1.82) is 0 Å². The quantitative estimate of drug-likeness (QED) is 0.926. The molecule has 2 aromatic carbocycles. The number of amides is 1. The lowest BCUT2D eigenvalue weighted by Gasteiger charge is -2.33. The van der Waals surface area contributed by atoms with E-state index in [2.05, 4.69) is 65.7 Å². The highest BCUT2D eigenvalue weighted by molar-refractivity contribution is 5.78. The third kappa shape index (κ3) is 3.61. The molecule has 3 heteroatoms. The molecule has 0 saturated carbocycles. The highest BCUT2D eigenvalue weighted by Crippen LogP contribution is 2.28. The van der Waals surface area contributed by atoms with Crippen molar-refractivity contribution in [3.8, 4) is 11.1 Å². The molecule has 3 rings (SSSR count). The van der Waals surface area contributed by atoms with E-state index in [1.165, 1.54) is 22.4 Å². The van der Waals surface area contributed by atoms with Crippen molar-refractivity contribution >= 4 is 11.6 Å². The second-order valence-electron chi connectivity index (χ2n) is 6.48. The van der Waals surface area contributed by atoms with Crippen LogP contribution in [0.1, 0.15) is 25.3 Å². The molecule has 1 fully saturated rings. The third-order valence-electron chi connectivity index (χ3n) is 5.02. The molecule has 0 radical (unpaired) electrons. The minimum atomic E-state index is 0.163. The molecule has 0 aromatic heterocycles. The molecule has 2 aromatic rings. The number of aryl methyl sites for hydroxylation is 1. The van der Waals surface area contributed by atoms with Crippen LogP contribution in [0.3, 0.4) is 0 Å². The van der Waals surface area contributed by atoms with Gasteiger partial charge in [-0.1, -0.05) is 43.3 Å². The summed E-state index contributed by atoms with van der Waals surface area (Å²) in [6.07, 6.45) is 2.92. The molecule has 0 spiro atoms. The van der Waals surface area contributed by atoms with Crippen LogP contribution in [0.4, 0.5) is 5.69 Å². The summed E-state index contributed by atoms with van der Waals surface area (Å²) in [6.45, 7) is 4.06. The topological polar surface area (TPSA) is 32.3 Å². The van der Waals surface area contributed by atoms with E-state index in [0.29, 0.717) is 0 Å². The van der Waals surface area contributed by atoms with Crippen molar-refractivity contribution in [1.82, 2.24) is 5.32 Å². The molecular weight excluding hydrogens is 296 g/mol. The molecule has 24 heavy (non-hydrogen) atoms. The van der Waals surface area contributed by atoms with E-state index in [4.69, 9.17) is 0 Å². The van der Waals surface area contributed by atoms with E-state index < -0.39 is 0 Å². The van der Waals surface area contributed by atoms with Gasteiger partial charge in [0, 0.05) is 31.7 Å². The number of nitrogens with zero attached hydrogens (tertiary/aromatic N) is 1. The molecule has 0 unspecified atom stereocenters. The number of hydrogen-bond donors (Lipinski definition) is 1. The zero-order valence-electron chi connectivity index (χ0n) is 14.6. The number of rotatable bonds is 4. The Kier molecular flexibility index (Phi) is 5.19. The SMILES string of the molecule is CCc1ccc(-c2cccc(N3CCC(C(=O)NC)CC3)c2)cc1. The summed E-state index contributed by atoms with van der Waals surface area (Å²) in [4.78, 5) is 14.2. The zero-order chi connectivity index (χ0) is 16.9. The number of carbonyl (C=O) groups is 1. The van der Waals surface area contributed by atoms with E-state index in [1.54, 1.807) is 7.05 Å². The summed E-state index contributed by atoms with van der Waals surface area (Å²) >= 11 is 0. The van der Waals surface area contributed by atoms with Crippen LogP contribution >= 0.6 is 0 Å². The van der Waals surface area contributed by atoms with Crippen molar-refractivity contribution in [3.05, 3.63) is 54.1 Å². The first-order valence-electron chi connectivity index (χ1n) is 8.87. The van der Waals surface area contributed by atoms with Gasteiger partial charge < -0.3 is 10.2 Å². The van der Waals surface area contributed by atoms with Crippen LogP contribution in [-0.2, 0) is 11.2 Å². The van der Waals surface area contributed by atoms with Gasteiger partial charge in [-0.15, -0.1) is 0 Å². The van der Waals surface area contributed by atoms with Gasteiger partial charge in [0.25, 0.3) is 0 Å². The molecule has 1 N–H and O–H groups in total. The Balaban J connectivity index is 1.72. The Hall–Kier alpha value is -2.29. The first-order chi connectivity index (χ1) is 11.7. The maximum absolute atomic E-state index is 11.8. The molecule has 126 valence electrons. The predicted octanol–water partition coefficient (Wildman–Crippen LogP) is 3.88. The fourth-order valence-corrected chi connectivity index (χ4v) is 3.42. The monoisotopic (exact) mass is 322 g/mol. The molecule has 0 bridgehead atoms. The molecule has 1 saturated heterocycles. The van der Waals surface area contributed by atoms with Crippen molar-refractivity contribution in [2.75, 3.05) is 25.0 Å². The van der Waals surface area contributed by atoms with Gasteiger partial charge >= 0.3 is 0 Å². The average Bonchev–Trinajstić information content (AvgIpc) is 2.67. The van der Waals surface area contributed by atoms with Gasteiger partial charge in [-0.3, -0.25) is 4.79 Å². The largest absolute Gasteiger partial charge is 0.371 e. The second-order valence-corrected chi connectivity index (χ2v) is 6.48. The Labute approximate surface area is 144 Å². The van der Waals surface area contributed by atoms with Crippen molar-refractivity contribution in [2.45, 2.75) is 26.2 Å². The normalized spacial score (nSPS) is 15.3. The van der Waals surface area contributed by atoms with Gasteiger partial charge in [0.2, 0.25) is 5.91 Å². The zero-order valence-corrected chi connectivity index (χ0v) is 14.6. The number of benzene rings is 2. The summed E-state index contributed by atoms with van der Waals surface area (Å²) in [5.74, 6) is 0.343. The van der Waals surface area contributed by atoms with Crippen LogP contribution < -0.4 is 10.2 Å². The first kappa shape index (κ1) is 16.6. The molecule has 1 heterocycles. The molecule has 1 amide bonds. The van der Waals surface area contributed by atoms with Crippen molar-refractivity contribution < 1.29 is 4.79 Å². The summed E-state index contributed by atoms with van der Waals surface area (Å²) in [6, 6.07) is 17.6. The number of nitrogens with one attached hydrogen (secondary N) is 1. The number of carbonyl (C=O) groups excluding carboxylic acids is 1. The second kappa shape index (κ2) is 7.52. The smallest absolute Gasteiger partial charge is 0.222 e. The van der Waals surface area contributed by atoms with E-state index >= 15 is 0 Å². The highest BCUT2D eigenvalue weighted by Gasteiger charge is 2.24. The van der Waals surface area contributed by atoms with Crippen LogP contribution in [0.15, 0.2) is 48.5 Å². The summed E-state index contributed by atoms with van der Waals surface area (Å²) < 4.78 is 0. The van der Waals surface area contributed by atoms with Crippen LogP contribution in [0.5, 0.6) is 0 Å². The third-order valence-corrected chi connectivity index (χ3v) is 5.02. The van der Waals surface area contributed by atoms with Gasteiger partial charge in [0.05, 0.1) is 0 Å². The fraction of sp³-hybridized carbons (Fsp3) is 0.381. The minimum Gasteiger partial charge on any atom is -0.371 e. The van der Waals surface area contributed by atoms with Crippen LogP contribution in [0, 0.1) is 5.92 Å².